The fraction of sp³-hybridized carbons (Fsp3) is 0.412. The number of ether oxygens (including phenoxy) is 1. The molecule has 1 aliphatic heterocycles. The molecule has 26 heavy (non-hydrogen) atoms. The van der Waals surface area contributed by atoms with Gasteiger partial charge in [-0.1, -0.05) is 23.4 Å². The number of nitrogens with zero attached hydrogens (tertiary/aromatic N) is 3. The third-order valence-corrected chi connectivity index (χ3v) is 6.15. The first-order valence-electron chi connectivity index (χ1n) is 8.28. The maximum absolute atomic E-state index is 12.6. The quantitative estimate of drug-likeness (QED) is 0.806. The lowest BCUT2D eigenvalue weighted by molar-refractivity contribution is 0.132. The van der Waals surface area contributed by atoms with Crippen LogP contribution in [0.3, 0.4) is 0 Å². The molecule has 0 bridgehead atoms. The second-order valence-electron chi connectivity index (χ2n) is 6.13. The molecule has 2 heterocycles. The Bertz CT molecular complexity index is 852. The van der Waals surface area contributed by atoms with Crippen molar-refractivity contribution < 1.29 is 22.5 Å². The molecule has 2 aromatic rings. The Kier molecular flexibility index (Phi) is 5.28. The van der Waals surface area contributed by atoms with Crippen molar-refractivity contribution in [1.82, 2.24) is 14.4 Å². The molecule has 0 unspecified atom stereocenters. The van der Waals surface area contributed by atoms with Crippen LogP contribution in [-0.2, 0) is 15.8 Å². The summed E-state index contributed by atoms with van der Waals surface area (Å²) in [6.45, 7) is 4.45. The van der Waals surface area contributed by atoms with Crippen molar-refractivity contribution in [3.8, 4) is 5.75 Å². The Morgan fingerprint density at radius 3 is 2.38 bits per heavy atom. The summed E-state index contributed by atoms with van der Waals surface area (Å²) in [5, 5.41) is 3.79. The third kappa shape index (κ3) is 4.05. The number of benzene rings is 1. The van der Waals surface area contributed by atoms with Gasteiger partial charge in [-0.25, -0.2) is 13.2 Å². The fourth-order valence-corrected chi connectivity index (χ4v) is 4.46. The average molecular weight is 379 g/mol. The molecule has 1 amide bonds. The van der Waals surface area contributed by atoms with Crippen LogP contribution in [0.15, 0.2) is 34.9 Å². The van der Waals surface area contributed by atoms with E-state index in [0.29, 0.717) is 22.8 Å². The number of carbonyl (C=O) groups is 1. The molecule has 1 aromatic carbocycles. The summed E-state index contributed by atoms with van der Waals surface area (Å²) >= 11 is 0. The molecule has 0 atom stereocenters. The van der Waals surface area contributed by atoms with Gasteiger partial charge in [0.1, 0.15) is 11.5 Å². The van der Waals surface area contributed by atoms with Crippen molar-refractivity contribution >= 4 is 16.1 Å². The molecule has 8 nitrogen and oxygen atoms in total. The van der Waals surface area contributed by atoms with E-state index in [1.165, 1.54) is 9.21 Å². The fourth-order valence-electron chi connectivity index (χ4n) is 2.78. The second-order valence-corrected chi connectivity index (χ2v) is 8.09. The number of piperazine rings is 1. The van der Waals surface area contributed by atoms with Crippen LogP contribution in [0.5, 0.6) is 5.75 Å². The number of hydrogen-bond acceptors (Lipinski definition) is 6. The molecular weight excluding hydrogens is 358 g/mol. The highest BCUT2D eigenvalue weighted by atomic mass is 32.2. The van der Waals surface area contributed by atoms with Crippen LogP contribution >= 0.6 is 0 Å². The minimum absolute atomic E-state index is 0.150. The number of hydrogen-bond donors (Lipinski definition) is 0. The van der Waals surface area contributed by atoms with E-state index in [9.17, 15) is 13.2 Å². The lowest BCUT2D eigenvalue weighted by Crippen LogP contribution is -2.51. The first-order chi connectivity index (χ1) is 12.4. The van der Waals surface area contributed by atoms with Crippen molar-refractivity contribution in [2.24, 2.45) is 0 Å². The van der Waals surface area contributed by atoms with Crippen LogP contribution in [0, 0.1) is 13.8 Å². The number of rotatable bonds is 4. The minimum Gasteiger partial charge on any atom is -0.410 e. The maximum Gasteiger partial charge on any atom is 0.415 e. The molecule has 1 aliphatic rings. The first-order valence-corrected chi connectivity index (χ1v) is 9.89. The first kappa shape index (κ1) is 18.4. The average Bonchev–Trinajstić information content (AvgIpc) is 2.94. The van der Waals surface area contributed by atoms with Crippen LogP contribution in [0.25, 0.3) is 0 Å². The Balaban J connectivity index is 1.58. The largest absolute Gasteiger partial charge is 0.415 e. The summed E-state index contributed by atoms with van der Waals surface area (Å²) in [5.74, 6) is 0.824. The summed E-state index contributed by atoms with van der Waals surface area (Å²) in [6.07, 6.45) is -0.473. The van der Waals surface area contributed by atoms with Crippen molar-refractivity contribution in [2.45, 2.75) is 19.6 Å². The molecule has 1 fully saturated rings. The molecular formula is C17H21N3O5S. The zero-order valence-corrected chi connectivity index (χ0v) is 15.5. The van der Waals surface area contributed by atoms with Gasteiger partial charge in [-0.15, -0.1) is 0 Å². The van der Waals surface area contributed by atoms with Gasteiger partial charge in [0.15, 0.2) is 0 Å². The SMILES string of the molecule is Cc1noc(C)c1CS(=O)(=O)N1CCN(C(=O)Oc2ccccc2)CC1. The Hall–Kier alpha value is -2.39. The van der Waals surface area contributed by atoms with E-state index < -0.39 is 16.1 Å². The number of amides is 1. The van der Waals surface area contributed by atoms with Crippen molar-refractivity contribution in [3.05, 3.63) is 47.3 Å². The Labute approximate surface area is 152 Å². The van der Waals surface area contributed by atoms with Crippen molar-refractivity contribution in [2.75, 3.05) is 26.2 Å². The van der Waals surface area contributed by atoms with E-state index in [4.69, 9.17) is 9.26 Å². The highest BCUT2D eigenvalue weighted by molar-refractivity contribution is 7.88. The molecule has 1 aromatic heterocycles. The summed E-state index contributed by atoms with van der Waals surface area (Å²) in [4.78, 5) is 13.7. The predicted octanol–water partition coefficient (Wildman–Crippen LogP) is 1.94. The van der Waals surface area contributed by atoms with Crippen LogP contribution in [0.1, 0.15) is 17.0 Å². The molecule has 3 rings (SSSR count). The number of sulfonamides is 1. The minimum atomic E-state index is -3.50. The van der Waals surface area contributed by atoms with E-state index in [1.807, 2.05) is 6.07 Å². The smallest absolute Gasteiger partial charge is 0.410 e. The second kappa shape index (κ2) is 7.46. The van der Waals surface area contributed by atoms with E-state index in [1.54, 1.807) is 38.1 Å². The zero-order valence-electron chi connectivity index (χ0n) is 14.7. The molecule has 0 aliphatic carbocycles. The number of aryl methyl sites for hydroxylation is 2. The summed E-state index contributed by atoms with van der Waals surface area (Å²) in [6, 6.07) is 8.79. The van der Waals surface area contributed by atoms with Crippen LogP contribution in [0.2, 0.25) is 0 Å². The Morgan fingerprint density at radius 2 is 1.81 bits per heavy atom. The Morgan fingerprint density at radius 1 is 1.15 bits per heavy atom. The van der Waals surface area contributed by atoms with Gasteiger partial charge in [0.05, 0.1) is 11.4 Å². The van der Waals surface area contributed by atoms with E-state index in [0.717, 1.165) is 0 Å². The standard InChI is InChI=1S/C17H21N3O5S/c1-13-16(14(2)25-18-13)12-26(22,23)20-10-8-19(9-11-20)17(21)24-15-6-4-3-5-7-15/h3-7H,8-12H2,1-2H3. The molecule has 9 heteroatoms. The molecule has 0 N–H and O–H groups in total. The van der Waals surface area contributed by atoms with Crippen LogP contribution < -0.4 is 4.74 Å². The van der Waals surface area contributed by atoms with Gasteiger partial charge in [-0.3, -0.25) is 0 Å². The number of para-hydroxylation sites is 1. The van der Waals surface area contributed by atoms with Crippen LogP contribution in [-0.4, -0.2) is 55.1 Å². The van der Waals surface area contributed by atoms with Gasteiger partial charge in [0, 0.05) is 31.7 Å². The number of carbonyl (C=O) groups excluding carboxylic acids is 1. The lowest BCUT2D eigenvalue weighted by atomic mass is 10.2. The van der Waals surface area contributed by atoms with Gasteiger partial charge < -0.3 is 14.2 Å². The highest BCUT2D eigenvalue weighted by Gasteiger charge is 2.31. The highest BCUT2D eigenvalue weighted by Crippen LogP contribution is 2.19. The van der Waals surface area contributed by atoms with Gasteiger partial charge in [0.2, 0.25) is 10.0 Å². The lowest BCUT2D eigenvalue weighted by Gasteiger charge is -2.33. The van der Waals surface area contributed by atoms with Gasteiger partial charge in [-0.2, -0.15) is 4.31 Å². The molecule has 140 valence electrons. The van der Waals surface area contributed by atoms with Gasteiger partial charge >= 0.3 is 6.09 Å². The topological polar surface area (TPSA) is 93.0 Å². The molecule has 0 spiro atoms. The van der Waals surface area contributed by atoms with Crippen molar-refractivity contribution in [3.63, 3.8) is 0 Å². The summed E-state index contributed by atoms with van der Waals surface area (Å²) in [5.41, 5.74) is 1.17. The van der Waals surface area contributed by atoms with Gasteiger partial charge in [0.25, 0.3) is 0 Å². The normalized spacial score (nSPS) is 15.8. The molecule has 0 radical (unpaired) electrons. The maximum atomic E-state index is 12.6. The van der Waals surface area contributed by atoms with Crippen molar-refractivity contribution in [1.29, 1.82) is 0 Å². The van der Waals surface area contributed by atoms with E-state index in [2.05, 4.69) is 5.16 Å². The van der Waals surface area contributed by atoms with Gasteiger partial charge in [-0.05, 0) is 26.0 Å². The summed E-state index contributed by atoms with van der Waals surface area (Å²) < 4.78 is 37.0. The zero-order chi connectivity index (χ0) is 18.7. The third-order valence-electron chi connectivity index (χ3n) is 4.35. The number of aromatic nitrogens is 1. The molecule has 1 saturated heterocycles. The monoisotopic (exact) mass is 379 g/mol. The molecule has 0 saturated carbocycles. The van der Waals surface area contributed by atoms with Crippen LogP contribution in [0.4, 0.5) is 4.79 Å². The van der Waals surface area contributed by atoms with E-state index in [-0.39, 0.29) is 31.9 Å². The predicted molar refractivity (Wildman–Crippen MR) is 94.2 cm³/mol. The summed E-state index contributed by atoms with van der Waals surface area (Å²) in [7, 11) is -3.50. The van der Waals surface area contributed by atoms with E-state index >= 15 is 0 Å².